The lowest BCUT2D eigenvalue weighted by Gasteiger charge is -2.25. The molecular formula is C21H26N2O3S. The fraction of sp³-hybridized carbons (Fsp3) is 0.571. The Morgan fingerprint density at radius 3 is 2.63 bits per heavy atom. The van der Waals surface area contributed by atoms with Gasteiger partial charge in [0.15, 0.2) is 6.61 Å². The largest absolute Gasteiger partial charge is 0.455 e. The summed E-state index contributed by atoms with van der Waals surface area (Å²) < 4.78 is 6.62. The van der Waals surface area contributed by atoms with E-state index in [1.54, 1.807) is 11.3 Å². The molecule has 2 saturated carbocycles. The first-order valence-corrected chi connectivity index (χ1v) is 10.8. The molecule has 0 aliphatic heterocycles. The van der Waals surface area contributed by atoms with E-state index in [1.807, 2.05) is 18.2 Å². The van der Waals surface area contributed by atoms with E-state index in [0.29, 0.717) is 6.42 Å². The van der Waals surface area contributed by atoms with E-state index in [1.165, 1.54) is 0 Å². The van der Waals surface area contributed by atoms with Gasteiger partial charge < -0.3 is 10.1 Å². The van der Waals surface area contributed by atoms with Gasteiger partial charge in [-0.3, -0.25) is 9.59 Å². The molecule has 27 heavy (non-hydrogen) atoms. The van der Waals surface area contributed by atoms with E-state index < -0.39 is 5.41 Å². The van der Waals surface area contributed by atoms with Crippen LogP contribution >= 0.6 is 11.3 Å². The summed E-state index contributed by atoms with van der Waals surface area (Å²) in [6, 6.07) is 8.30. The van der Waals surface area contributed by atoms with Crippen molar-refractivity contribution >= 4 is 33.4 Å². The Balaban J connectivity index is 1.39. The molecule has 5 nitrogen and oxygen atoms in total. The number of para-hydroxylation sites is 1. The smallest absolute Gasteiger partial charge is 0.313 e. The number of nitrogens with zero attached hydrogens (tertiary/aromatic N) is 1. The van der Waals surface area contributed by atoms with Crippen LogP contribution in [0.4, 0.5) is 0 Å². The molecule has 1 aromatic heterocycles. The van der Waals surface area contributed by atoms with Gasteiger partial charge in [0.25, 0.3) is 5.91 Å². The van der Waals surface area contributed by atoms with Crippen LogP contribution in [0.5, 0.6) is 0 Å². The molecule has 2 aromatic rings. The monoisotopic (exact) mass is 386 g/mol. The highest BCUT2D eigenvalue weighted by Gasteiger charge is 2.43. The number of hydrogen-bond acceptors (Lipinski definition) is 5. The van der Waals surface area contributed by atoms with Gasteiger partial charge in [-0.1, -0.05) is 37.8 Å². The van der Waals surface area contributed by atoms with Crippen molar-refractivity contribution < 1.29 is 14.3 Å². The van der Waals surface area contributed by atoms with E-state index in [4.69, 9.17) is 9.72 Å². The lowest BCUT2D eigenvalue weighted by molar-refractivity contribution is -0.159. The van der Waals surface area contributed by atoms with Crippen molar-refractivity contribution in [3.05, 3.63) is 29.3 Å². The van der Waals surface area contributed by atoms with E-state index in [9.17, 15) is 9.59 Å². The zero-order chi connectivity index (χ0) is 18.7. The topological polar surface area (TPSA) is 68.3 Å². The molecule has 0 spiro atoms. The fourth-order valence-corrected chi connectivity index (χ4v) is 5.52. The average Bonchev–Trinajstić information content (AvgIpc) is 3.40. The Morgan fingerprint density at radius 2 is 1.89 bits per heavy atom. The second-order valence-electron chi connectivity index (χ2n) is 7.86. The molecular weight excluding hydrogens is 360 g/mol. The highest BCUT2D eigenvalue weighted by molar-refractivity contribution is 7.18. The van der Waals surface area contributed by atoms with Crippen LogP contribution in [-0.4, -0.2) is 29.5 Å². The number of benzene rings is 1. The summed E-state index contributed by atoms with van der Waals surface area (Å²) in [7, 11) is 0. The van der Waals surface area contributed by atoms with Crippen molar-refractivity contribution in [3.8, 4) is 0 Å². The maximum atomic E-state index is 12.9. The minimum Gasteiger partial charge on any atom is -0.455 e. The number of carbonyl (C=O) groups is 2. The van der Waals surface area contributed by atoms with Crippen LogP contribution in [0.2, 0.25) is 0 Å². The number of carbonyl (C=O) groups excluding carboxylic acids is 2. The second kappa shape index (κ2) is 7.97. The summed E-state index contributed by atoms with van der Waals surface area (Å²) in [5.41, 5.74) is 0.455. The lowest BCUT2D eigenvalue weighted by Crippen LogP contribution is -2.39. The lowest BCUT2D eigenvalue weighted by atomic mass is 9.83. The zero-order valence-electron chi connectivity index (χ0n) is 15.5. The molecule has 1 heterocycles. The number of ether oxygens (including phenoxy) is 1. The van der Waals surface area contributed by atoms with Gasteiger partial charge in [0.1, 0.15) is 0 Å². The van der Waals surface area contributed by atoms with E-state index >= 15 is 0 Å². The molecule has 0 saturated heterocycles. The molecule has 1 amide bonds. The molecule has 6 heteroatoms. The maximum Gasteiger partial charge on any atom is 0.313 e. The van der Waals surface area contributed by atoms with Crippen LogP contribution in [0.3, 0.4) is 0 Å². The summed E-state index contributed by atoms with van der Waals surface area (Å²) in [6.45, 7) is -0.170. The molecule has 2 fully saturated rings. The highest BCUT2D eigenvalue weighted by atomic mass is 32.1. The maximum absolute atomic E-state index is 12.9. The number of fused-ring (bicyclic) bond motifs is 1. The predicted octanol–water partition coefficient (Wildman–Crippen LogP) is 4.00. The van der Waals surface area contributed by atoms with Crippen molar-refractivity contribution in [2.75, 3.05) is 6.61 Å². The SMILES string of the molecule is O=C(COC(=O)C1(Cc2nc3ccccc3s2)CCCC1)NC1CCCC1. The first-order chi connectivity index (χ1) is 13.1. The number of thiazole rings is 1. The minimum absolute atomic E-state index is 0.170. The van der Waals surface area contributed by atoms with Crippen LogP contribution < -0.4 is 5.32 Å². The summed E-state index contributed by atoms with van der Waals surface area (Å²) in [4.78, 5) is 29.7. The molecule has 0 radical (unpaired) electrons. The van der Waals surface area contributed by atoms with Crippen molar-refractivity contribution in [3.63, 3.8) is 0 Å². The van der Waals surface area contributed by atoms with Crippen LogP contribution in [-0.2, 0) is 20.7 Å². The van der Waals surface area contributed by atoms with Gasteiger partial charge >= 0.3 is 5.97 Å². The summed E-state index contributed by atoms with van der Waals surface area (Å²) >= 11 is 1.65. The third-order valence-electron chi connectivity index (χ3n) is 5.88. The average molecular weight is 387 g/mol. The van der Waals surface area contributed by atoms with Gasteiger partial charge in [-0.15, -0.1) is 11.3 Å². The van der Waals surface area contributed by atoms with E-state index in [0.717, 1.165) is 66.6 Å². The minimum atomic E-state index is -0.526. The Morgan fingerprint density at radius 1 is 1.15 bits per heavy atom. The van der Waals surface area contributed by atoms with Crippen molar-refractivity contribution in [2.24, 2.45) is 5.41 Å². The Bertz CT molecular complexity index is 787. The fourth-order valence-electron chi connectivity index (χ4n) is 4.41. The van der Waals surface area contributed by atoms with E-state index in [2.05, 4.69) is 11.4 Å². The van der Waals surface area contributed by atoms with Gasteiger partial charge in [0.2, 0.25) is 0 Å². The predicted molar refractivity (Wildman–Crippen MR) is 106 cm³/mol. The number of nitrogens with one attached hydrogen (secondary N) is 1. The van der Waals surface area contributed by atoms with Crippen molar-refractivity contribution in [2.45, 2.75) is 63.8 Å². The molecule has 0 unspecified atom stereocenters. The number of aromatic nitrogens is 1. The zero-order valence-corrected chi connectivity index (χ0v) is 16.4. The van der Waals surface area contributed by atoms with Gasteiger partial charge in [0.05, 0.1) is 20.6 Å². The van der Waals surface area contributed by atoms with Gasteiger partial charge in [0, 0.05) is 12.5 Å². The van der Waals surface area contributed by atoms with Gasteiger partial charge in [-0.2, -0.15) is 0 Å². The van der Waals surface area contributed by atoms with Crippen molar-refractivity contribution in [1.29, 1.82) is 0 Å². The Kier molecular flexibility index (Phi) is 5.43. The first kappa shape index (κ1) is 18.4. The third kappa shape index (κ3) is 4.15. The molecule has 1 N–H and O–H groups in total. The number of hydrogen-bond donors (Lipinski definition) is 1. The van der Waals surface area contributed by atoms with Crippen molar-refractivity contribution in [1.82, 2.24) is 10.3 Å². The molecule has 2 aliphatic carbocycles. The number of rotatable bonds is 6. The summed E-state index contributed by atoms with van der Waals surface area (Å²) in [6.07, 6.45) is 8.66. The van der Waals surface area contributed by atoms with Gasteiger partial charge in [-0.25, -0.2) is 4.98 Å². The normalized spacial score (nSPS) is 19.4. The van der Waals surface area contributed by atoms with Crippen LogP contribution in [0.25, 0.3) is 10.2 Å². The molecule has 0 bridgehead atoms. The highest BCUT2D eigenvalue weighted by Crippen LogP contribution is 2.43. The Hall–Kier alpha value is -1.95. The second-order valence-corrected chi connectivity index (χ2v) is 8.98. The quantitative estimate of drug-likeness (QED) is 0.762. The summed E-state index contributed by atoms with van der Waals surface area (Å²) in [5.74, 6) is -0.413. The molecule has 144 valence electrons. The molecule has 2 aliphatic rings. The van der Waals surface area contributed by atoms with Crippen LogP contribution in [0, 0.1) is 5.41 Å². The number of amides is 1. The molecule has 0 atom stereocenters. The first-order valence-electron chi connectivity index (χ1n) is 9.96. The van der Waals surface area contributed by atoms with E-state index in [-0.39, 0.29) is 24.5 Å². The van der Waals surface area contributed by atoms with Gasteiger partial charge in [-0.05, 0) is 37.8 Å². The standard InChI is InChI=1S/C21H26N2O3S/c24-18(22-15-7-1-2-8-15)14-26-20(25)21(11-5-6-12-21)13-19-23-16-9-3-4-10-17(16)27-19/h3-4,9-10,15H,1-2,5-8,11-14H2,(H,22,24). The molecule has 1 aromatic carbocycles. The number of esters is 1. The van der Waals surface area contributed by atoms with Crippen LogP contribution in [0.15, 0.2) is 24.3 Å². The third-order valence-corrected chi connectivity index (χ3v) is 6.91. The Labute approximate surface area is 163 Å². The molecule has 4 rings (SSSR count). The van der Waals surface area contributed by atoms with Crippen LogP contribution in [0.1, 0.15) is 56.4 Å². The summed E-state index contributed by atoms with van der Waals surface area (Å²) in [5, 5.41) is 3.96.